The fourth-order valence-electron chi connectivity index (χ4n) is 2.12. The number of rotatable bonds is 7. The van der Waals surface area contributed by atoms with Crippen LogP contribution in [-0.2, 0) is 4.79 Å². The van der Waals surface area contributed by atoms with Gasteiger partial charge in [0.1, 0.15) is 11.5 Å². The zero-order valence-corrected chi connectivity index (χ0v) is 15.2. The number of carbonyl (C=O) groups excluding carboxylic acids is 2. The largest absolute Gasteiger partial charge is 0.492 e. The quantitative estimate of drug-likeness (QED) is 0.748. The number of amides is 2. The first-order valence-electron chi connectivity index (χ1n) is 8.46. The molecule has 2 rings (SSSR count). The van der Waals surface area contributed by atoms with Gasteiger partial charge in [-0.1, -0.05) is 38.1 Å². The Kier molecular flexibility index (Phi) is 7.02. The number of carbonyl (C=O) groups is 2. The highest BCUT2D eigenvalue weighted by Gasteiger charge is 2.13. The van der Waals surface area contributed by atoms with Crippen molar-refractivity contribution in [3.05, 3.63) is 59.7 Å². The van der Waals surface area contributed by atoms with Crippen molar-refractivity contribution >= 4 is 11.8 Å². The lowest BCUT2D eigenvalue weighted by atomic mass is 10.2. The van der Waals surface area contributed by atoms with E-state index in [2.05, 4.69) is 10.9 Å². The minimum Gasteiger partial charge on any atom is -0.492 e. The highest BCUT2D eigenvalue weighted by atomic mass is 16.5. The highest BCUT2D eigenvalue weighted by Crippen LogP contribution is 2.18. The van der Waals surface area contributed by atoms with Crippen molar-refractivity contribution in [3.63, 3.8) is 0 Å². The Morgan fingerprint density at radius 1 is 1.00 bits per heavy atom. The lowest BCUT2D eigenvalue weighted by Crippen LogP contribution is -2.44. The molecule has 0 spiro atoms. The Hall–Kier alpha value is -3.02. The van der Waals surface area contributed by atoms with Gasteiger partial charge in [0.05, 0.1) is 12.2 Å². The molecule has 0 fully saturated rings. The first kappa shape index (κ1) is 19.3. The van der Waals surface area contributed by atoms with Gasteiger partial charge in [-0.05, 0) is 42.7 Å². The highest BCUT2D eigenvalue weighted by molar-refractivity contribution is 5.97. The van der Waals surface area contributed by atoms with Crippen LogP contribution in [0.25, 0.3) is 0 Å². The summed E-state index contributed by atoms with van der Waals surface area (Å²) in [4.78, 5) is 24.1. The van der Waals surface area contributed by atoms with Crippen LogP contribution in [0, 0.1) is 12.8 Å². The van der Waals surface area contributed by atoms with Crippen LogP contribution in [-0.4, -0.2) is 25.0 Å². The standard InChI is InChI=1S/C20H24N2O4/c1-14(2)12-26-18-10-5-4-9-17(18)20(24)22-21-19(23)13-25-16-8-6-7-15(3)11-16/h4-11,14H,12-13H2,1-3H3,(H,21,23)(H,22,24). The Balaban J connectivity index is 1.85. The van der Waals surface area contributed by atoms with Crippen molar-refractivity contribution in [3.8, 4) is 11.5 Å². The molecule has 6 nitrogen and oxygen atoms in total. The number of hydrogen-bond donors (Lipinski definition) is 2. The second kappa shape index (κ2) is 9.46. The minimum absolute atomic E-state index is 0.199. The SMILES string of the molecule is Cc1cccc(OCC(=O)NNC(=O)c2ccccc2OCC(C)C)c1. The average Bonchev–Trinajstić information content (AvgIpc) is 2.63. The van der Waals surface area contributed by atoms with E-state index in [1.54, 1.807) is 30.3 Å². The molecule has 26 heavy (non-hydrogen) atoms. The first-order chi connectivity index (χ1) is 12.5. The number of hydrazine groups is 1. The Morgan fingerprint density at radius 3 is 2.50 bits per heavy atom. The van der Waals surface area contributed by atoms with Gasteiger partial charge < -0.3 is 9.47 Å². The molecule has 0 unspecified atom stereocenters. The lowest BCUT2D eigenvalue weighted by Gasteiger charge is -2.13. The molecular weight excluding hydrogens is 332 g/mol. The lowest BCUT2D eigenvalue weighted by molar-refractivity contribution is -0.123. The normalized spacial score (nSPS) is 10.3. The van der Waals surface area contributed by atoms with Crippen molar-refractivity contribution in [1.29, 1.82) is 0 Å². The molecular formula is C20H24N2O4. The second-order valence-electron chi connectivity index (χ2n) is 6.31. The predicted molar refractivity (Wildman–Crippen MR) is 99.1 cm³/mol. The van der Waals surface area contributed by atoms with E-state index in [0.717, 1.165) is 5.56 Å². The van der Waals surface area contributed by atoms with Crippen molar-refractivity contribution in [2.24, 2.45) is 5.92 Å². The number of benzene rings is 2. The van der Waals surface area contributed by atoms with Crippen molar-refractivity contribution < 1.29 is 19.1 Å². The second-order valence-corrected chi connectivity index (χ2v) is 6.31. The molecule has 0 aliphatic heterocycles. The number of aryl methyl sites for hydroxylation is 1. The van der Waals surface area contributed by atoms with E-state index in [0.29, 0.717) is 29.6 Å². The summed E-state index contributed by atoms with van der Waals surface area (Å²) < 4.78 is 11.0. The first-order valence-corrected chi connectivity index (χ1v) is 8.46. The third-order valence-electron chi connectivity index (χ3n) is 3.38. The molecule has 0 saturated carbocycles. The molecule has 0 aliphatic carbocycles. The van der Waals surface area contributed by atoms with Gasteiger partial charge in [0.15, 0.2) is 6.61 Å². The third-order valence-corrected chi connectivity index (χ3v) is 3.38. The van der Waals surface area contributed by atoms with E-state index in [-0.39, 0.29) is 6.61 Å². The van der Waals surface area contributed by atoms with Crippen molar-refractivity contribution in [2.45, 2.75) is 20.8 Å². The van der Waals surface area contributed by atoms with Gasteiger partial charge in [0.25, 0.3) is 11.8 Å². The van der Waals surface area contributed by atoms with E-state index < -0.39 is 11.8 Å². The monoisotopic (exact) mass is 356 g/mol. The number of hydrogen-bond acceptors (Lipinski definition) is 4. The van der Waals surface area contributed by atoms with Crippen LogP contribution in [0.1, 0.15) is 29.8 Å². The summed E-state index contributed by atoms with van der Waals surface area (Å²) in [7, 11) is 0. The van der Waals surface area contributed by atoms with E-state index in [1.165, 1.54) is 0 Å². The summed E-state index contributed by atoms with van der Waals surface area (Å²) in [6.07, 6.45) is 0. The van der Waals surface area contributed by atoms with Crippen LogP contribution in [0.3, 0.4) is 0 Å². The minimum atomic E-state index is -0.458. The maximum Gasteiger partial charge on any atom is 0.276 e. The van der Waals surface area contributed by atoms with Crippen molar-refractivity contribution in [2.75, 3.05) is 13.2 Å². The maximum absolute atomic E-state index is 12.3. The summed E-state index contributed by atoms with van der Waals surface area (Å²) in [5.41, 5.74) is 6.11. The average molecular weight is 356 g/mol. The van der Waals surface area contributed by atoms with Gasteiger partial charge in [0, 0.05) is 0 Å². The third kappa shape index (κ3) is 6.12. The zero-order valence-electron chi connectivity index (χ0n) is 15.2. The van der Waals surface area contributed by atoms with Crippen LogP contribution in [0.15, 0.2) is 48.5 Å². The smallest absolute Gasteiger partial charge is 0.276 e. The van der Waals surface area contributed by atoms with Crippen molar-refractivity contribution in [1.82, 2.24) is 10.9 Å². The summed E-state index contributed by atoms with van der Waals surface area (Å²) in [5.74, 6) is 0.501. The molecule has 0 heterocycles. The molecule has 6 heteroatoms. The molecule has 0 aliphatic rings. The van der Waals surface area contributed by atoms with Crippen LogP contribution < -0.4 is 20.3 Å². The molecule has 2 N–H and O–H groups in total. The predicted octanol–water partition coefficient (Wildman–Crippen LogP) is 2.87. The van der Waals surface area contributed by atoms with Crippen LogP contribution in [0.5, 0.6) is 11.5 Å². The van der Waals surface area contributed by atoms with E-state index >= 15 is 0 Å². The molecule has 0 radical (unpaired) electrons. The van der Waals surface area contributed by atoms with E-state index in [1.807, 2.05) is 39.0 Å². The van der Waals surface area contributed by atoms with Gasteiger partial charge in [0.2, 0.25) is 0 Å². The molecule has 0 saturated heterocycles. The van der Waals surface area contributed by atoms with Gasteiger partial charge >= 0.3 is 0 Å². The number of ether oxygens (including phenoxy) is 2. The fourth-order valence-corrected chi connectivity index (χ4v) is 2.12. The van der Waals surface area contributed by atoms with Gasteiger partial charge in [-0.25, -0.2) is 0 Å². The summed E-state index contributed by atoms with van der Waals surface area (Å²) >= 11 is 0. The topological polar surface area (TPSA) is 76.7 Å². The van der Waals surface area contributed by atoms with Gasteiger partial charge in [-0.3, -0.25) is 20.4 Å². The Bertz CT molecular complexity index is 759. The number of para-hydroxylation sites is 1. The molecule has 2 aromatic rings. The van der Waals surface area contributed by atoms with Crippen LogP contribution >= 0.6 is 0 Å². The molecule has 2 amide bonds. The molecule has 138 valence electrons. The fraction of sp³-hybridized carbons (Fsp3) is 0.300. The molecule has 2 aromatic carbocycles. The van der Waals surface area contributed by atoms with Gasteiger partial charge in [-0.15, -0.1) is 0 Å². The summed E-state index contributed by atoms with van der Waals surface area (Å²) in [5, 5.41) is 0. The number of nitrogens with one attached hydrogen (secondary N) is 2. The molecule has 0 atom stereocenters. The molecule has 0 aromatic heterocycles. The molecule has 0 bridgehead atoms. The zero-order chi connectivity index (χ0) is 18.9. The van der Waals surface area contributed by atoms with E-state index in [4.69, 9.17) is 9.47 Å². The van der Waals surface area contributed by atoms with Crippen LogP contribution in [0.2, 0.25) is 0 Å². The maximum atomic E-state index is 12.3. The van der Waals surface area contributed by atoms with Crippen LogP contribution in [0.4, 0.5) is 0 Å². The summed E-state index contributed by atoms with van der Waals surface area (Å²) in [6.45, 7) is 6.29. The van der Waals surface area contributed by atoms with E-state index in [9.17, 15) is 9.59 Å². The Morgan fingerprint density at radius 2 is 1.77 bits per heavy atom. The summed E-state index contributed by atoms with van der Waals surface area (Å²) in [6, 6.07) is 14.3. The Labute approximate surface area is 153 Å². The van der Waals surface area contributed by atoms with Gasteiger partial charge in [-0.2, -0.15) is 0 Å².